The Morgan fingerprint density at radius 3 is 2.54 bits per heavy atom. The van der Waals surface area contributed by atoms with E-state index in [4.69, 9.17) is 4.74 Å². The van der Waals surface area contributed by atoms with Crippen molar-refractivity contribution in [2.75, 3.05) is 20.3 Å². The molecule has 24 heavy (non-hydrogen) atoms. The van der Waals surface area contributed by atoms with Gasteiger partial charge in [0.25, 0.3) is 5.91 Å². The highest BCUT2D eigenvalue weighted by atomic mass is 32.2. The number of nitrogens with zero attached hydrogens (tertiary/aromatic N) is 1. The molecular formula is C16H19N3O4S. The second-order valence-electron chi connectivity index (χ2n) is 4.93. The predicted octanol–water partition coefficient (Wildman–Crippen LogP) is 0.936. The number of benzene rings is 1. The third-order valence-corrected chi connectivity index (χ3v) is 4.66. The molecule has 0 unspecified atom stereocenters. The number of methoxy groups -OCH3 is 1. The molecule has 0 saturated carbocycles. The molecule has 2 N–H and O–H groups in total. The average Bonchev–Trinajstić information content (AvgIpc) is 2.61. The van der Waals surface area contributed by atoms with Gasteiger partial charge in [0.1, 0.15) is 5.69 Å². The quantitative estimate of drug-likeness (QED) is 0.691. The first kappa shape index (κ1) is 18.1. The molecule has 2 rings (SSSR count). The van der Waals surface area contributed by atoms with Crippen molar-refractivity contribution in [2.24, 2.45) is 0 Å². The Bertz CT molecular complexity index is 762. The van der Waals surface area contributed by atoms with Gasteiger partial charge in [0.15, 0.2) is 0 Å². The molecule has 0 atom stereocenters. The third kappa shape index (κ3) is 5.12. The molecule has 0 fully saturated rings. The van der Waals surface area contributed by atoms with Crippen LogP contribution in [0.5, 0.6) is 0 Å². The summed E-state index contributed by atoms with van der Waals surface area (Å²) in [4.78, 5) is 16.0. The molecular weight excluding hydrogens is 330 g/mol. The number of carbonyl (C=O) groups is 1. The Hall–Kier alpha value is -2.29. The number of sulfonamides is 1. The molecule has 1 aromatic carbocycles. The van der Waals surface area contributed by atoms with Crippen LogP contribution in [0.2, 0.25) is 0 Å². The zero-order chi connectivity index (χ0) is 17.4. The van der Waals surface area contributed by atoms with Gasteiger partial charge < -0.3 is 10.1 Å². The van der Waals surface area contributed by atoms with E-state index >= 15 is 0 Å². The third-order valence-electron chi connectivity index (χ3n) is 3.18. The number of aromatic nitrogens is 1. The summed E-state index contributed by atoms with van der Waals surface area (Å²) in [6, 6.07) is 11.4. The summed E-state index contributed by atoms with van der Waals surface area (Å²) in [5, 5.41) is 2.73. The molecule has 0 aliphatic rings. The van der Waals surface area contributed by atoms with E-state index in [0.29, 0.717) is 12.3 Å². The maximum absolute atomic E-state index is 12.0. The van der Waals surface area contributed by atoms with Gasteiger partial charge in [-0.1, -0.05) is 18.2 Å². The first-order valence-electron chi connectivity index (χ1n) is 7.30. The lowest BCUT2D eigenvalue weighted by Gasteiger charge is -2.08. The summed E-state index contributed by atoms with van der Waals surface area (Å²) in [5.74, 6) is -0.284. The standard InChI is InChI=1S/C16H19N3O4S/c1-23-11-10-19-24(21,22)14-7-5-13(6-8-14)12-18-16(20)15-4-2-3-9-17-15/h2-9,19H,10-12H2,1H3,(H,18,20). The van der Waals surface area contributed by atoms with Gasteiger partial charge in [0.05, 0.1) is 11.5 Å². The van der Waals surface area contributed by atoms with Crippen molar-refractivity contribution in [3.63, 3.8) is 0 Å². The van der Waals surface area contributed by atoms with Gasteiger partial charge in [0.2, 0.25) is 10.0 Å². The number of hydrogen-bond donors (Lipinski definition) is 2. The van der Waals surface area contributed by atoms with Crippen LogP contribution in [-0.4, -0.2) is 39.6 Å². The summed E-state index contributed by atoms with van der Waals surface area (Å²) < 4.78 is 31.3. The number of pyridine rings is 1. The van der Waals surface area contributed by atoms with Crippen LogP contribution in [0.3, 0.4) is 0 Å². The zero-order valence-electron chi connectivity index (χ0n) is 13.2. The van der Waals surface area contributed by atoms with E-state index in [0.717, 1.165) is 5.56 Å². The molecule has 1 amide bonds. The predicted molar refractivity (Wildman–Crippen MR) is 88.9 cm³/mol. The monoisotopic (exact) mass is 349 g/mol. The molecule has 0 bridgehead atoms. The van der Waals surface area contributed by atoms with Crippen molar-refractivity contribution in [3.05, 3.63) is 59.9 Å². The van der Waals surface area contributed by atoms with Gasteiger partial charge in [-0.3, -0.25) is 9.78 Å². The van der Waals surface area contributed by atoms with Crippen LogP contribution in [0.1, 0.15) is 16.1 Å². The summed E-state index contributed by atoms with van der Waals surface area (Å²) >= 11 is 0. The van der Waals surface area contributed by atoms with Crippen molar-refractivity contribution in [1.82, 2.24) is 15.0 Å². The molecule has 7 nitrogen and oxygen atoms in total. The molecule has 0 aliphatic heterocycles. The van der Waals surface area contributed by atoms with E-state index in [9.17, 15) is 13.2 Å². The first-order valence-corrected chi connectivity index (χ1v) is 8.78. The normalized spacial score (nSPS) is 11.2. The molecule has 1 heterocycles. The molecule has 128 valence electrons. The molecule has 1 aromatic heterocycles. The van der Waals surface area contributed by atoms with E-state index in [-0.39, 0.29) is 23.9 Å². The highest BCUT2D eigenvalue weighted by Gasteiger charge is 2.13. The zero-order valence-corrected chi connectivity index (χ0v) is 14.0. The smallest absolute Gasteiger partial charge is 0.270 e. The highest BCUT2D eigenvalue weighted by Crippen LogP contribution is 2.10. The van der Waals surface area contributed by atoms with Crippen molar-refractivity contribution >= 4 is 15.9 Å². The highest BCUT2D eigenvalue weighted by molar-refractivity contribution is 7.89. The van der Waals surface area contributed by atoms with Crippen LogP contribution < -0.4 is 10.0 Å². The minimum Gasteiger partial charge on any atom is -0.383 e. The molecule has 2 aromatic rings. The summed E-state index contributed by atoms with van der Waals surface area (Å²) in [5.41, 5.74) is 1.12. The Kier molecular flexibility index (Phi) is 6.42. The molecule has 8 heteroatoms. The molecule has 0 spiro atoms. The Morgan fingerprint density at radius 1 is 1.17 bits per heavy atom. The minimum atomic E-state index is -3.55. The van der Waals surface area contributed by atoms with Gasteiger partial charge in [-0.15, -0.1) is 0 Å². The van der Waals surface area contributed by atoms with Gasteiger partial charge in [-0.05, 0) is 29.8 Å². The van der Waals surface area contributed by atoms with Gasteiger partial charge in [-0.2, -0.15) is 0 Å². The minimum absolute atomic E-state index is 0.165. The van der Waals surface area contributed by atoms with Crippen LogP contribution in [0, 0.1) is 0 Å². The van der Waals surface area contributed by atoms with E-state index in [2.05, 4.69) is 15.0 Å². The number of rotatable bonds is 8. The van der Waals surface area contributed by atoms with Gasteiger partial charge in [0, 0.05) is 26.4 Å². The van der Waals surface area contributed by atoms with Crippen LogP contribution in [0.25, 0.3) is 0 Å². The van der Waals surface area contributed by atoms with Gasteiger partial charge in [-0.25, -0.2) is 13.1 Å². The second kappa shape index (κ2) is 8.53. The number of ether oxygens (including phenoxy) is 1. The van der Waals surface area contributed by atoms with Crippen LogP contribution in [0.4, 0.5) is 0 Å². The van der Waals surface area contributed by atoms with Crippen molar-refractivity contribution in [1.29, 1.82) is 0 Å². The maximum atomic E-state index is 12.0. The number of nitrogens with one attached hydrogen (secondary N) is 2. The van der Waals surface area contributed by atoms with E-state index in [1.807, 2.05) is 0 Å². The number of carbonyl (C=O) groups excluding carboxylic acids is 1. The molecule has 0 aliphatic carbocycles. The SMILES string of the molecule is COCCNS(=O)(=O)c1ccc(CNC(=O)c2ccccn2)cc1. The van der Waals surface area contributed by atoms with E-state index < -0.39 is 10.0 Å². The Balaban J connectivity index is 1.93. The average molecular weight is 349 g/mol. The van der Waals surface area contributed by atoms with Gasteiger partial charge >= 0.3 is 0 Å². The molecule has 0 saturated heterocycles. The van der Waals surface area contributed by atoms with Crippen molar-refractivity contribution < 1.29 is 17.9 Å². The van der Waals surface area contributed by atoms with E-state index in [1.54, 1.807) is 36.5 Å². The fourth-order valence-corrected chi connectivity index (χ4v) is 2.93. The topological polar surface area (TPSA) is 97.4 Å². The summed E-state index contributed by atoms with van der Waals surface area (Å²) in [6.07, 6.45) is 1.55. The van der Waals surface area contributed by atoms with E-state index in [1.165, 1.54) is 19.2 Å². The van der Waals surface area contributed by atoms with Crippen LogP contribution in [-0.2, 0) is 21.3 Å². The molecule has 0 radical (unpaired) electrons. The Morgan fingerprint density at radius 2 is 1.92 bits per heavy atom. The summed E-state index contributed by atoms with van der Waals surface area (Å²) in [7, 11) is -2.05. The second-order valence-corrected chi connectivity index (χ2v) is 6.70. The van der Waals surface area contributed by atoms with Crippen molar-refractivity contribution in [2.45, 2.75) is 11.4 Å². The van der Waals surface area contributed by atoms with Crippen LogP contribution >= 0.6 is 0 Å². The van der Waals surface area contributed by atoms with Crippen molar-refractivity contribution in [3.8, 4) is 0 Å². The largest absolute Gasteiger partial charge is 0.383 e. The maximum Gasteiger partial charge on any atom is 0.270 e. The summed E-state index contributed by atoms with van der Waals surface area (Å²) in [6.45, 7) is 0.796. The lowest BCUT2D eigenvalue weighted by molar-refractivity contribution is 0.0946. The Labute approximate surface area is 141 Å². The fraction of sp³-hybridized carbons (Fsp3) is 0.250. The number of amides is 1. The lowest BCUT2D eigenvalue weighted by atomic mass is 10.2. The fourth-order valence-electron chi connectivity index (χ4n) is 1.92. The number of hydrogen-bond acceptors (Lipinski definition) is 5. The van der Waals surface area contributed by atoms with Crippen LogP contribution in [0.15, 0.2) is 53.6 Å². The first-order chi connectivity index (χ1) is 11.5. The lowest BCUT2D eigenvalue weighted by Crippen LogP contribution is -2.27.